The quantitative estimate of drug-likeness (QED) is 0.341. The van der Waals surface area contributed by atoms with E-state index in [1.54, 1.807) is 14.2 Å². The highest BCUT2D eigenvalue weighted by atomic mass is 16.5. The Morgan fingerprint density at radius 1 is 0.800 bits per heavy atom. The first-order valence-electron chi connectivity index (χ1n) is 11.7. The van der Waals surface area contributed by atoms with Gasteiger partial charge in [-0.1, -0.05) is 65.7 Å². The molecule has 0 aliphatic heterocycles. The monoisotopic (exact) mass is 468 g/mol. The Kier molecular flexibility index (Phi) is 7.25. The molecule has 0 unspecified atom stereocenters. The summed E-state index contributed by atoms with van der Waals surface area (Å²) in [7, 11) is 3.21. The zero-order valence-electron chi connectivity index (χ0n) is 21.0. The van der Waals surface area contributed by atoms with Gasteiger partial charge in [-0.15, -0.1) is 0 Å². The fourth-order valence-electron chi connectivity index (χ4n) is 4.29. The van der Waals surface area contributed by atoms with E-state index in [2.05, 4.69) is 85.4 Å². The van der Waals surface area contributed by atoms with E-state index in [1.165, 1.54) is 11.1 Å². The highest BCUT2D eigenvalue weighted by Gasteiger charge is 2.22. The normalized spacial score (nSPS) is 10.8. The summed E-state index contributed by atoms with van der Waals surface area (Å²) in [5, 5.41) is 3.12. The van der Waals surface area contributed by atoms with Gasteiger partial charge in [-0.05, 0) is 55.2 Å². The van der Waals surface area contributed by atoms with E-state index in [1.807, 2.05) is 18.2 Å². The SMILES string of the molecule is COc1ccc(CNC(=O)c2c(-c3ccc(C)cc3)c(C)cn2Cc2ccc(C)cc2)cc1OC. The zero-order valence-corrected chi connectivity index (χ0v) is 21.0. The number of methoxy groups -OCH3 is 2. The van der Waals surface area contributed by atoms with Crippen molar-refractivity contribution in [2.24, 2.45) is 0 Å². The summed E-state index contributed by atoms with van der Waals surface area (Å²) in [6, 6.07) is 22.4. The fourth-order valence-corrected chi connectivity index (χ4v) is 4.29. The predicted octanol–water partition coefficient (Wildman–Crippen LogP) is 6.08. The Balaban J connectivity index is 1.68. The Labute approximate surface area is 207 Å². The lowest BCUT2D eigenvalue weighted by Gasteiger charge is -2.14. The van der Waals surface area contributed by atoms with Crippen LogP contribution in [0.1, 0.15) is 38.3 Å². The molecule has 1 aromatic heterocycles. The first kappa shape index (κ1) is 24.1. The van der Waals surface area contributed by atoms with Gasteiger partial charge in [0.05, 0.1) is 14.2 Å². The average Bonchev–Trinajstić information content (AvgIpc) is 3.19. The van der Waals surface area contributed by atoms with Gasteiger partial charge in [0.15, 0.2) is 11.5 Å². The Morgan fingerprint density at radius 3 is 2.03 bits per heavy atom. The van der Waals surface area contributed by atoms with E-state index in [0.29, 0.717) is 30.3 Å². The summed E-state index contributed by atoms with van der Waals surface area (Å²) in [6.45, 7) is 7.20. The lowest BCUT2D eigenvalue weighted by atomic mass is 10.0. The maximum absolute atomic E-state index is 13.6. The van der Waals surface area contributed by atoms with Crippen molar-refractivity contribution in [3.8, 4) is 22.6 Å². The number of nitrogens with zero attached hydrogens (tertiary/aromatic N) is 1. The molecule has 0 radical (unpaired) electrons. The van der Waals surface area contributed by atoms with Gasteiger partial charge in [0.1, 0.15) is 5.69 Å². The number of carbonyl (C=O) groups is 1. The Bertz CT molecular complexity index is 1320. The molecule has 1 amide bonds. The lowest BCUT2D eigenvalue weighted by molar-refractivity contribution is 0.0942. The number of aryl methyl sites for hydroxylation is 3. The van der Waals surface area contributed by atoms with Crippen LogP contribution in [0, 0.1) is 20.8 Å². The first-order valence-corrected chi connectivity index (χ1v) is 11.7. The van der Waals surface area contributed by atoms with Crippen LogP contribution in [-0.2, 0) is 13.1 Å². The van der Waals surface area contributed by atoms with Crippen LogP contribution in [0.25, 0.3) is 11.1 Å². The minimum Gasteiger partial charge on any atom is -0.493 e. The number of aromatic nitrogens is 1. The van der Waals surface area contributed by atoms with Crippen molar-refractivity contribution >= 4 is 5.91 Å². The number of carbonyl (C=O) groups excluding carboxylic acids is 1. The van der Waals surface area contributed by atoms with Gasteiger partial charge in [-0.3, -0.25) is 4.79 Å². The second-order valence-electron chi connectivity index (χ2n) is 8.89. The highest BCUT2D eigenvalue weighted by molar-refractivity contribution is 6.00. The smallest absolute Gasteiger partial charge is 0.268 e. The Morgan fingerprint density at radius 2 is 1.40 bits per heavy atom. The second-order valence-corrected chi connectivity index (χ2v) is 8.89. The van der Waals surface area contributed by atoms with Crippen molar-refractivity contribution in [2.75, 3.05) is 14.2 Å². The molecule has 4 rings (SSSR count). The van der Waals surface area contributed by atoms with Crippen LogP contribution >= 0.6 is 0 Å². The summed E-state index contributed by atoms with van der Waals surface area (Å²) < 4.78 is 12.8. The molecule has 180 valence electrons. The van der Waals surface area contributed by atoms with Crippen molar-refractivity contribution in [1.82, 2.24) is 9.88 Å². The third kappa shape index (κ3) is 5.40. The van der Waals surface area contributed by atoms with Gasteiger partial charge in [-0.25, -0.2) is 0 Å². The molecule has 35 heavy (non-hydrogen) atoms. The van der Waals surface area contributed by atoms with Crippen LogP contribution in [0.5, 0.6) is 11.5 Å². The molecular weight excluding hydrogens is 436 g/mol. The van der Waals surface area contributed by atoms with Crippen molar-refractivity contribution in [1.29, 1.82) is 0 Å². The van der Waals surface area contributed by atoms with Gasteiger partial charge in [-0.2, -0.15) is 0 Å². The van der Waals surface area contributed by atoms with E-state index in [9.17, 15) is 4.79 Å². The van der Waals surface area contributed by atoms with Crippen molar-refractivity contribution in [3.05, 3.63) is 106 Å². The number of benzene rings is 3. The number of hydrogen-bond acceptors (Lipinski definition) is 3. The van der Waals surface area contributed by atoms with Gasteiger partial charge >= 0.3 is 0 Å². The van der Waals surface area contributed by atoms with Gasteiger partial charge in [0, 0.05) is 24.8 Å². The highest BCUT2D eigenvalue weighted by Crippen LogP contribution is 2.31. The number of rotatable bonds is 8. The molecule has 0 saturated heterocycles. The maximum atomic E-state index is 13.6. The van der Waals surface area contributed by atoms with Crippen LogP contribution in [0.4, 0.5) is 0 Å². The third-order valence-corrected chi connectivity index (χ3v) is 6.20. The Hall–Kier alpha value is -3.99. The molecule has 5 nitrogen and oxygen atoms in total. The summed E-state index contributed by atoms with van der Waals surface area (Å²) in [5.74, 6) is 1.18. The predicted molar refractivity (Wildman–Crippen MR) is 140 cm³/mol. The molecule has 1 N–H and O–H groups in total. The van der Waals surface area contributed by atoms with Crippen molar-refractivity contribution in [3.63, 3.8) is 0 Å². The molecule has 0 bridgehead atoms. The van der Waals surface area contributed by atoms with E-state index in [0.717, 1.165) is 27.8 Å². The molecule has 3 aromatic carbocycles. The molecule has 0 fully saturated rings. The van der Waals surface area contributed by atoms with E-state index >= 15 is 0 Å². The maximum Gasteiger partial charge on any atom is 0.268 e. The minimum absolute atomic E-state index is 0.115. The molecule has 0 aliphatic carbocycles. The van der Waals surface area contributed by atoms with Crippen LogP contribution in [0.15, 0.2) is 72.9 Å². The van der Waals surface area contributed by atoms with E-state index in [4.69, 9.17) is 9.47 Å². The summed E-state index contributed by atoms with van der Waals surface area (Å²) in [5.41, 5.74) is 8.20. The lowest BCUT2D eigenvalue weighted by Crippen LogP contribution is -2.26. The number of ether oxygens (including phenoxy) is 2. The summed E-state index contributed by atoms with van der Waals surface area (Å²) in [4.78, 5) is 13.6. The van der Waals surface area contributed by atoms with Crippen LogP contribution < -0.4 is 14.8 Å². The molecule has 0 aliphatic rings. The average molecular weight is 469 g/mol. The topological polar surface area (TPSA) is 52.5 Å². The standard InChI is InChI=1S/C30H32N2O3/c1-20-6-10-23(11-7-20)19-32-18-22(3)28(25-13-8-21(2)9-14-25)29(32)30(33)31-17-24-12-15-26(34-4)27(16-24)35-5/h6-16,18H,17,19H2,1-5H3,(H,31,33). The molecular formula is C30H32N2O3. The molecule has 0 atom stereocenters. The van der Waals surface area contributed by atoms with Crippen LogP contribution in [0.2, 0.25) is 0 Å². The zero-order chi connectivity index (χ0) is 24.9. The first-order chi connectivity index (χ1) is 16.9. The minimum atomic E-state index is -0.115. The van der Waals surface area contributed by atoms with Gasteiger partial charge in [0.25, 0.3) is 5.91 Å². The van der Waals surface area contributed by atoms with Crippen LogP contribution in [-0.4, -0.2) is 24.7 Å². The third-order valence-electron chi connectivity index (χ3n) is 6.20. The van der Waals surface area contributed by atoms with Crippen molar-refractivity contribution < 1.29 is 14.3 Å². The second kappa shape index (κ2) is 10.5. The van der Waals surface area contributed by atoms with Crippen LogP contribution in [0.3, 0.4) is 0 Å². The largest absolute Gasteiger partial charge is 0.493 e. The van der Waals surface area contributed by atoms with Gasteiger partial charge < -0.3 is 19.4 Å². The number of hydrogen-bond donors (Lipinski definition) is 1. The fraction of sp³-hybridized carbons (Fsp3) is 0.233. The number of amides is 1. The molecule has 1 heterocycles. The molecule has 0 spiro atoms. The van der Waals surface area contributed by atoms with E-state index < -0.39 is 0 Å². The number of nitrogens with one attached hydrogen (secondary N) is 1. The summed E-state index contributed by atoms with van der Waals surface area (Å²) in [6.07, 6.45) is 2.07. The van der Waals surface area contributed by atoms with Gasteiger partial charge in [0.2, 0.25) is 0 Å². The van der Waals surface area contributed by atoms with E-state index in [-0.39, 0.29) is 5.91 Å². The molecule has 4 aromatic rings. The van der Waals surface area contributed by atoms with Crippen molar-refractivity contribution in [2.45, 2.75) is 33.9 Å². The molecule has 0 saturated carbocycles. The molecule has 5 heteroatoms. The summed E-state index contributed by atoms with van der Waals surface area (Å²) >= 11 is 0.